The van der Waals surface area contributed by atoms with Gasteiger partial charge in [-0.05, 0) is 19.3 Å². The number of unbranched alkanes of at least 4 members (excludes halogenated alkanes) is 1. The number of nitrogens with one attached hydrogen (secondary N) is 1. The Kier molecular flexibility index (Phi) is 4.78. The quantitative estimate of drug-likeness (QED) is 0.721. The smallest absolute Gasteiger partial charge is 0.317 e. The first-order valence-corrected chi connectivity index (χ1v) is 6.32. The zero-order chi connectivity index (χ0) is 12.9. The fraction of sp³-hybridized carbons (Fsp3) is 0.833. The highest BCUT2D eigenvalue weighted by atomic mass is 16.4. The normalized spacial score (nSPS) is 23.8. The monoisotopic (exact) mass is 242 g/mol. The maximum atomic E-state index is 11.8. The molecule has 0 aromatic heterocycles. The Morgan fingerprint density at radius 3 is 2.59 bits per heavy atom. The number of carbonyl (C=O) groups is 2. The second kappa shape index (κ2) is 5.89. The van der Waals surface area contributed by atoms with Crippen LogP contribution in [0.25, 0.3) is 0 Å². The highest BCUT2D eigenvalue weighted by molar-refractivity contribution is 5.79. The van der Waals surface area contributed by atoms with E-state index >= 15 is 0 Å². The lowest BCUT2D eigenvalue weighted by Gasteiger charge is -2.23. The van der Waals surface area contributed by atoms with E-state index in [1.807, 2.05) is 6.92 Å². The Labute approximate surface area is 102 Å². The molecule has 2 N–H and O–H groups in total. The summed E-state index contributed by atoms with van der Waals surface area (Å²) in [6, 6.07) is -0.130. The molecule has 5 heteroatoms. The molecule has 1 rings (SSSR count). The van der Waals surface area contributed by atoms with Crippen molar-refractivity contribution in [1.82, 2.24) is 10.2 Å². The van der Waals surface area contributed by atoms with Gasteiger partial charge in [-0.2, -0.15) is 0 Å². The van der Waals surface area contributed by atoms with Crippen molar-refractivity contribution in [2.45, 2.75) is 39.5 Å². The summed E-state index contributed by atoms with van der Waals surface area (Å²) in [4.78, 5) is 24.6. The number of hydrogen-bond donors (Lipinski definition) is 2. The van der Waals surface area contributed by atoms with Crippen molar-refractivity contribution in [2.75, 3.05) is 19.6 Å². The maximum absolute atomic E-state index is 11.8. The Bertz CT molecular complexity index is 293. The molecule has 1 saturated heterocycles. The van der Waals surface area contributed by atoms with Gasteiger partial charge in [0.05, 0.1) is 5.41 Å². The van der Waals surface area contributed by atoms with Gasteiger partial charge in [0, 0.05) is 19.6 Å². The largest absolute Gasteiger partial charge is 0.481 e. The molecular formula is C12H22N2O3. The number of amides is 2. The molecule has 0 saturated carbocycles. The highest BCUT2D eigenvalue weighted by Gasteiger charge is 2.44. The first kappa shape index (κ1) is 13.8. The second-order valence-corrected chi connectivity index (χ2v) is 4.70. The van der Waals surface area contributed by atoms with Crippen molar-refractivity contribution >= 4 is 12.0 Å². The first-order chi connectivity index (χ1) is 8.05. The van der Waals surface area contributed by atoms with Crippen LogP contribution in [0.3, 0.4) is 0 Å². The van der Waals surface area contributed by atoms with E-state index in [1.165, 1.54) is 0 Å². The average molecular weight is 242 g/mol. The van der Waals surface area contributed by atoms with E-state index < -0.39 is 11.4 Å². The van der Waals surface area contributed by atoms with Crippen LogP contribution >= 0.6 is 0 Å². The predicted octanol–water partition coefficient (Wildman–Crippen LogP) is 1.68. The molecule has 1 atom stereocenters. The molecule has 0 aromatic rings. The zero-order valence-corrected chi connectivity index (χ0v) is 10.7. The number of nitrogens with zero attached hydrogens (tertiary/aromatic N) is 1. The van der Waals surface area contributed by atoms with Crippen LogP contribution in [0.15, 0.2) is 0 Å². The molecule has 0 radical (unpaired) electrons. The van der Waals surface area contributed by atoms with Gasteiger partial charge in [-0.3, -0.25) is 4.79 Å². The third kappa shape index (κ3) is 3.11. The predicted molar refractivity (Wildman–Crippen MR) is 64.9 cm³/mol. The zero-order valence-electron chi connectivity index (χ0n) is 10.7. The number of carboxylic acid groups (broad SMARTS) is 1. The molecule has 2 amide bonds. The number of hydrogen-bond acceptors (Lipinski definition) is 2. The molecule has 1 heterocycles. The maximum Gasteiger partial charge on any atom is 0.317 e. The van der Waals surface area contributed by atoms with E-state index in [9.17, 15) is 14.7 Å². The lowest BCUT2D eigenvalue weighted by molar-refractivity contribution is -0.148. The van der Waals surface area contributed by atoms with Crippen LogP contribution in [-0.2, 0) is 4.79 Å². The van der Waals surface area contributed by atoms with Crippen molar-refractivity contribution in [3.63, 3.8) is 0 Å². The number of carboxylic acids is 1. The molecule has 5 nitrogen and oxygen atoms in total. The van der Waals surface area contributed by atoms with Gasteiger partial charge in [0.2, 0.25) is 0 Å². The highest BCUT2D eigenvalue weighted by Crippen LogP contribution is 2.34. The van der Waals surface area contributed by atoms with Crippen LogP contribution in [0.5, 0.6) is 0 Å². The van der Waals surface area contributed by atoms with Gasteiger partial charge in [-0.25, -0.2) is 4.79 Å². The molecule has 0 aromatic carbocycles. The van der Waals surface area contributed by atoms with Gasteiger partial charge in [0.25, 0.3) is 0 Å². The van der Waals surface area contributed by atoms with Crippen LogP contribution in [0.2, 0.25) is 0 Å². The second-order valence-electron chi connectivity index (χ2n) is 4.70. The van der Waals surface area contributed by atoms with Gasteiger partial charge in [-0.1, -0.05) is 20.3 Å². The van der Waals surface area contributed by atoms with E-state index in [0.717, 1.165) is 12.8 Å². The molecular weight excluding hydrogens is 220 g/mol. The van der Waals surface area contributed by atoms with Crippen LogP contribution in [0.1, 0.15) is 39.5 Å². The lowest BCUT2D eigenvalue weighted by atomic mass is 9.84. The summed E-state index contributed by atoms with van der Waals surface area (Å²) in [6.45, 7) is 5.47. The van der Waals surface area contributed by atoms with Gasteiger partial charge in [-0.15, -0.1) is 0 Å². The van der Waals surface area contributed by atoms with E-state index in [-0.39, 0.29) is 6.03 Å². The van der Waals surface area contributed by atoms with Crippen molar-refractivity contribution in [3.05, 3.63) is 0 Å². The summed E-state index contributed by atoms with van der Waals surface area (Å²) in [6.07, 6.45) is 3.12. The Morgan fingerprint density at radius 2 is 2.12 bits per heavy atom. The van der Waals surface area contributed by atoms with Crippen molar-refractivity contribution in [3.8, 4) is 0 Å². The van der Waals surface area contributed by atoms with E-state index in [0.29, 0.717) is 32.5 Å². The van der Waals surface area contributed by atoms with Crippen LogP contribution in [0.4, 0.5) is 4.79 Å². The average Bonchev–Trinajstić information content (AvgIpc) is 2.75. The fourth-order valence-electron chi connectivity index (χ4n) is 2.14. The minimum atomic E-state index is -0.788. The Balaban J connectivity index is 2.49. The van der Waals surface area contributed by atoms with E-state index in [1.54, 1.807) is 4.90 Å². The van der Waals surface area contributed by atoms with Gasteiger partial charge in [0.15, 0.2) is 0 Å². The molecule has 0 aliphatic carbocycles. The summed E-state index contributed by atoms with van der Waals surface area (Å²) < 4.78 is 0. The van der Waals surface area contributed by atoms with Crippen molar-refractivity contribution in [2.24, 2.45) is 5.41 Å². The molecule has 1 unspecified atom stereocenters. The van der Waals surface area contributed by atoms with Gasteiger partial charge < -0.3 is 15.3 Å². The van der Waals surface area contributed by atoms with E-state index in [2.05, 4.69) is 12.2 Å². The topological polar surface area (TPSA) is 69.6 Å². The number of urea groups is 1. The minimum Gasteiger partial charge on any atom is -0.481 e. The number of rotatable bonds is 5. The van der Waals surface area contributed by atoms with Crippen molar-refractivity contribution in [1.29, 1.82) is 0 Å². The fourth-order valence-corrected chi connectivity index (χ4v) is 2.14. The van der Waals surface area contributed by atoms with Gasteiger partial charge >= 0.3 is 12.0 Å². The Morgan fingerprint density at radius 1 is 1.41 bits per heavy atom. The van der Waals surface area contributed by atoms with Gasteiger partial charge in [0.1, 0.15) is 0 Å². The third-order valence-corrected chi connectivity index (χ3v) is 3.58. The van der Waals surface area contributed by atoms with Crippen LogP contribution in [0, 0.1) is 5.41 Å². The summed E-state index contributed by atoms with van der Waals surface area (Å²) in [5.41, 5.74) is -0.734. The molecule has 0 spiro atoms. The molecule has 1 fully saturated rings. The molecule has 1 aliphatic heterocycles. The van der Waals surface area contributed by atoms with Crippen LogP contribution in [-0.4, -0.2) is 41.6 Å². The standard InChI is InChI=1S/C12H22N2O3/c1-3-5-7-13-11(17)14-8-6-12(4-2,9-14)10(15)16/h3-9H2,1-2H3,(H,13,17)(H,15,16). The Hall–Kier alpha value is -1.26. The summed E-state index contributed by atoms with van der Waals surface area (Å²) >= 11 is 0. The summed E-state index contributed by atoms with van der Waals surface area (Å²) in [7, 11) is 0. The third-order valence-electron chi connectivity index (χ3n) is 3.58. The lowest BCUT2D eigenvalue weighted by Crippen LogP contribution is -2.41. The summed E-state index contributed by atoms with van der Waals surface area (Å²) in [5.74, 6) is -0.788. The molecule has 98 valence electrons. The number of likely N-dealkylation sites (tertiary alicyclic amines) is 1. The summed E-state index contributed by atoms with van der Waals surface area (Å²) in [5, 5.41) is 12.0. The van der Waals surface area contributed by atoms with Crippen molar-refractivity contribution < 1.29 is 14.7 Å². The minimum absolute atomic E-state index is 0.130. The molecule has 0 bridgehead atoms. The SMILES string of the molecule is CCCCNC(=O)N1CCC(CC)(C(=O)O)C1. The number of aliphatic carboxylic acids is 1. The first-order valence-electron chi connectivity index (χ1n) is 6.32. The number of carbonyl (C=O) groups excluding carboxylic acids is 1. The molecule has 1 aliphatic rings. The van der Waals surface area contributed by atoms with E-state index in [4.69, 9.17) is 0 Å². The molecule has 17 heavy (non-hydrogen) atoms. The van der Waals surface area contributed by atoms with Crippen LogP contribution < -0.4 is 5.32 Å².